The van der Waals surface area contributed by atoms with Gasteiger partial charge in [0.2, 0.25) is 0 Å². The van der Waals surface area contributed by atoms with Gasteiger partial charge in [0.25, 0.3) is 5.91 Å². The zero-order chi connectivity index (χ0) is 19.7. The van der Waals surface area contributed by atoms with E-state index in [1.807, 2.05) is 24.3 Å². The normalized spacial score (nSPS) is 16.7. The highest BCUT2D eigenvalue weighted by Gasteiger charge is 2.38. The van der Waals surface area contributed by atoms with Crippen LogP contribution in [0.2, 0.25) is 0 Å². The molecule has 2 heterocycles. The van der Waals surface area contributed by atoms with Crippen molar-refractivity contribution in [3.05, 3.63) is 65.9 Å². The van der Waals surface area contributed by atoms with E-state index in [4.69, 9.17) is 9.47 Å². The Morgan fingerprint density at radius 3 is 2.62 bits per heavy atom. The van der Waals surface area contributed by atoms with Crippen molar-refractivity contribution < 1.29 is 14.3 Å². The molecule has 2 N–H and O–H groups in total. The van der Waals surface area contributed by atoms with Gasteiger partial charge in [-0.3, -0.25) is 9.89 Å². The summed E-state index contributed by atoms with van der Waals surface area (Å²) in [6.07, 6.45) is 4.96. The molecule has 0 radical (unpaired) electrons. The van der Waals surface area contributed by atoms with Gasteiger partial charge < -0.3 is 14.8 Å². The molecule has 5 rings (SSSR count). The molecule has 0 atom stereocenters. The summed E-state index contributed by atoms with van der Waals surface area (Å²) in [6, 6.07) is 16.1. The number of nitrogens with one attached hydrogen (secondary N) is 2. The molecule has 2 aromatic carbocycles. The average molecular weight is 389 g/mol. The van der Waals surface area contributed by atoms with Crippen molar-refractivity contribution in [1.29, 1.82) is 0 Å². The largest absolute Gasteiger partial charge is 0.486 e. The van der Waals surface area contributed by atoms with Crippen LogP contribution in [-0.2, 0) is 5.41 Å². The quantitative estimate of drug-likeness (QED) is 0.698. The van der Waals surface area contributed by atoms with Gasteiger partial charge in [0.05, 0.1) is 17.5 Å². The minimum absolute atomic E-state index is 0.0395. The number of carbonyl (C=O) groups excluding carboxylic acids is 1. The summed E-state index contributed by atoms with van der Waals surface area (Å²) in [5.74, 6) is 1.29. The fraction of sp³-hybridized carbons (Fsp3) is 0.304. The van der Waals surface area contributed by atoms with E-state index in [2.05, 4.69) is 39.8 Å². The first-order valence-corrected chi connectivity index (χ1v) is 10.0. The maximum atomic E-state index is 13.0. The first kappa shape index (κ1) is 17.8. The summed E-state index contributed by atoms with van der Waals surface area (Å²) in [4.78, 5) is 13.0. The van der Waals surface area contributed by atoms with Gasteiger partial charge in [0.15, 0.2) is 11.5 Å². The Morgan fingerprint density at radius 1 is 1.07 bits per heavy atom. The molecule has 3 aromatic rings. The average Bonchev–Trinajstić information content (AvgIpc) is 3.23. The molecule has 1 aliphatic carbocycles. The molecule has 6 heteroatoms. The predicted molar refractivity (Wildman–Crippen MR) is 109 cm³/mol. The Labute approximate surface area is 169 Å². The van der Waals surface area contributed by atoms with Crippen LogP contribution in [0.5, 0.6) is 11.5 Å². The summed E-state index contributed by atoms with van der Waals surface area (Å²) in [6.45, 7) is 1.70. The van der Waals surface area contributed by atoms with Crippen molar-refractivity contribution in [2.45, 2.75) is 24.7 Å². The zero-order valence-electron chi connectivity index (χ0n) is 16.1. The van der Waals surface area contributed by atoms with Crippen LogP contribution in [0.1, 0.15) is 35.2 Å². The highest BCUT2D eigenvalue weighted by atomic mass is 16.6. The number of hydrogen-bond donors (Lipinski definition) is 2. The second-order valence-corrected chi connectivity index (χ2v) is 7.70. The molecule has 148 valence electrons. The lowest BCUT2D eigenvalue weighted by atomic mass is 9.64. The molecule has 2 aliphatic rings. The number of carbonyl (C=O) groups is 1. The van der Waals surface area contributed by atoms with Crippen LogP contribution in [0, 0.1) is 0 Å². The van der Waals surface area contributed by atoms with E-state index in [0.29, 0.717) is 36.8 Å². The Balaban J connectivity index is 1.35. The summed E-state index contributed by atoms with van der Waals surface area (Å²) < 4.78 is 11.2. The van der Waals surface area contributed by atoms with E-state index in [1.165, 1.54) is 12.0 Å². The molecule has 1 aliphatic heterocycles. The third kappa shape index (κ3) is 3.24. The summed E-state index contributed by atoms with van der Waals surface area (Å²) in [5.41, 5.74) is 3.40. The third-order valence-electron chi connectivity index (χ3n) is 6.00. The molecular formula is C23H23N3O3. The molecule has 0 bridgehead atoms. The van der Waals surface area contributed by atoms with Crippen LogP contribution in [-0.4, -0.2) is 35.9 Å². The third-order valence-corrected chi connectivity index (χ3v) is 6.00. The Kier molecular flexibility index (Phi) is 4.46. The van der Waals surface area contributed by atoms with Crippen molar-refractivity contribution >= 4 is 5.91 Å². The van der Waals surface area contributed by atoms with Gasteiger partial charge in [-0.05, 0) is 36.6 Å². The van der Waals surface area contributed by atoms with Crippen LogP contribution in [0.3, 0.4) is 0 Å². The smallest absolute Gasteiger partial charge is 0.255 e. The van der Waals surface area contributed by atoms with Gasteiger partial charge in [-0.1, -0.05) is 36.8 Å². The number of amides is 1. The van der Waals surface area contributed by atoms with Crippen LogP contribution >= 0.6 is 0 Å². The van der Waals surface area contributed by atoms with Crippen molar-refractivity contribution in [3.63, 3.8) is 0 Å². The first-order valence-electron chi connectivity index (χ1n) is 10.0. The highest BCUT2D eigenvalue weighted by Crippen LogP contribution is 2.43. The number of aromatic nitrogens is 2. The van der Waals surface area contributed by atoms with E-state index in [1.54, 1.807) is 6.20 Å². The molecule has 0 unspecified atom stereocenters. The van der Waals surface area contributed by atoms with Gasteiger partial charge in [0.1, 0.15) is 13.2 Å². The lowest BCUT2D eigenvalue weighted by Crippen LogP contribution is -2.45. The summed E-state index contributed by atoms with van der Waals surface area (Å²) >= 11 is 0. The van der Waals surface area contributed by atoms with E-state index in [0.717, 1.165) is 24.2 Å². The lowest BCUT2D eigenvalue weighted by molar-refractivity contribution is 0.0928. The monoisotopic (exact) mass is 389 g/mol. The van der Waals surface area contributed by atoms with Gasteiger partial charge in [0, 0.05) is 17.5 Å². The maximum absolute atomic E-state index is 13.0. The summed E-state index contributed by atoms with van der Waals surface area (Å²) in [5, 5.41) is 10.2. The van der Waals surface area contributed by atoms with Crippen molar-refractivity contribution in [2.75, 3.05) is 19.8 Å². The minimum Gasteiger partial charge on any atom is -0.486 e. The van der Waals surface area contributed by atoms with E-state index < -0.39 is 0 Å². The number of benzene rings is 2. The Morgan fingerprint density at radius 2 is 1.86 bits per heavy atom. The molecule has 29 heavy (non-hydrogen) atoms. The maximum Gasteiger partial charge on any atom is 0.255 e. The highest BCUT2D eigenvalue weighted by molar-refractivity contribution is 5.99. The number of hydrogen-bond acceptors (Lipinski definition) is 4. The number of nitrogens with zero attached hydrogens (tertiary/aromatic N) is 1. The van der Waals surface area contributed by atoms with Gasteiger partial charge in [-0.15, -0.1) is 0 Å². The van der Waals surface area contributed by atoms with Crippen molar-refractivity contribution in [2.24, 2.45) is 0 Å². The molecule has 0 saturated heterocycles. The van der Waals surface area contributed by atoms with Gasteiger partial charge >= 0.3 is 0 Å². The van der Waals surface area contributed by atoms with E-state index in [9.17, 15) is 4.79 Å². The molecule has 1 aromatic heterocycles. The van der Waals surface area contributed by atoms with Crippen molar-refractivity contribution in [3.8, 4) is 22.8 Å². The van der Waals surface area contributed by atoms with E-state index >= 15 is 0 Å². The zero-order valence-corrected chi connectivity index (χ0v) is 16.1. The topological polar surface area (TPSA) is 76.2 Å². The van der Waals surface area contributed by atoms with Crippen LogP contribution in [0.15, 0.2) is 54.7 Å². The second-order valence-electron chi connectivity index (χ2n) is 7.70. The molecule has 1 fully saturated rings. The standard InChI is InChI=1S/C23H23N3O3/c27-22(24-15-23(9-4-10-23)17-5-2-1-3-6-17)18-14-25-26-21(18)16-7-8-19-20(13-16)29-12-11-28-19/h1-3,5-8,13-14H,4,9-12,15H2,(H,24,27)(H,25,26). The number of rotatable bonds is 5. The van der Waals surface area contributed by atoms with Gasteiger partial charge in [-0.25, -0.2) is 0 Å². The second kappa shape index (κ2) is 7.28. The Hall–Kier alpha value is -3.28. The molecule has 6 nitrogen and oxygen atoms in total. The molecule has 0 spiro atoms. The number of fused-ring (bicyclic) bond motifs is 1. The molecular weight excluding hydrogens is 366 g/mol. The molecule has 1 amide bonds. The SMILES string of the molecule is O=C(NCC1(c2ccccc2)CCC1)c1cn[nH]c1-c1ccc2c(c1)OCCO2. The van der Waals surface area contributed by atoms with E-state index in [-0.39, 0.29) is 11.3 Å². The number of aromatic amines is 1. The van der Waals surface area contributed by atoms with Crippen LogP contribution in [0.4, 0.5) is 0 Å². The van der Waals surface area contributed by atoms with Crippen LogP contribution < -0.4 is 14.8 Å². The minimum atomic E-state index is -0.120. The Bertz CT molecular complexity index is 1020. The lowest BCUT2D eigenvalue weighted by Gasteiger charge is -2.42. The predicted octanol–water partition coefficient (Wildman–Crippen LogP) is 3.70. The van der Waals surface area contributed by atoms with Crippen LogP contribution in [0.25, 0.3) is 11.3 Å². The number of ether oxygens (including phenoxy) is 2. The van der Waals surface area contributed by atoms with Crippen molar-refractivity contribution in [1.82, 2.24) is 15.5 Å². The molecule has 1 saturated carbocycles. The first-order chi connectivity index (χ1) is 14.3. The fourth-order valence-electron chi connectivity index (χ4n) is 4.18. The fourth-order valence-corrected chi connectivity index (χ4v) is 4.18. The summed E-state index contributed by atoms with van der Waals surface area (Å²) in [7, 11) is 0. The number of H-pyrrole nitrogens is 1. The van der Waals surface area contributed by atoms with Gasteiger partial charge in [-0.2, -0.15) is 5.10 Å².